The van der Waals surface area contributed by atoms with E-state index in [1.165, 1.54) is 22.3 Å². The number of rotatable bonds is 4. The first kappa shape index (κ1) is 24.5. The van der Waals surface area contributed by atoms with Gasteiger partial charge in [-0.25, -0.2) is 0 Å². The van der Waals surface area contributed by atoms with Crippen molar-refractivity contribution in [3.63, 3.8) is 0 Å². The van der Waals surface area contributed by atoms with Crippen LogP contribution in [0, 0.1) is 27.1 Å². The van der Waals surface area contributed by atoms with Gasteiger partial charge in [0.1, 0.15) is 0 Å². The zero-order valence-electron chi connectivity index (χ0n) is 20.5. The summed E-state index contributed by atoms with van der Waals surface area (Å²) in [6.07, 6.45) is 0. The third kappa shape index (κ3) is 4.42. The summed E-state index contributed by atoms with van der Waals surface area (Å²) in [6, 6.07) is 0. The van der Waals surface area contributed by atoms with Crippen LogP contribution in [0.1, 0.15) is 111 Å². The van der Waals surface area contributed by atoms with Crippen LogP contribution < -0.4 is 0 Å². The molecule has 0 spiro atoms. The van der Waals surface area contributed by atoms with Crippen LogP contribution in [0.15, 0.2) is 22.3 Å². The molecule has 0 saturated heterocycles. The Morgan fingerprint density at radius 2 is 0.560 bits per heavy atom. The first-order valence-electron chi connectivity index (χ1n) is 10.0. The highest BCUT2D eigenvalue weighted by Crippen LogP contribution is 2.51. The molecule has 0 fully saturated rings. The molecular weight excluding hydrogens is 300 g/mol. The first-order chi connectivity index (χ1) is 10.6. The summed E-state index contributed by atoms with van der Waals surface area (Å²) in [6.45, 7) is 37.9. The van der Waals surface area contributed by atoms with Gasteiger partial charge in [0, 0.05) is 5.41 Å². The number of allylic oxidation sites excluding steroid dienone is 4. The molecule has 0 heterocycles. The van der Waals surface area contributed by atoms with E-state index in [9.17, 15) is 0 Å². The fourth-order valence-corrected chi connectivity index (χ4v) is 3.28. The van der Waals surface area contributed by atoms with Crippen molar-refractivity contribution >= 4 is 0 Å². The standard InChI is InChI=1S/C25H48/c1-17(19(3)24(13,14)21(5,6)7)23(11,12)18(2)20(4)25(15,16)22(8,9)10/h1-16H3. The molecule has 25 heavy (non-hydrogen) atoms. The zero-order valence-corrected chi connectivity index (χ0v) is 20.5. The maximum Gasteiger partial charge on any atom is 0.00640 e. The van der Waals surface area contributed by atoms with Crippen LogP contribution in [0.25, 0.3) is 0 Å². The molecule has 0 aliphatic rings. The maximum absolute atomic E-state index is 2.40. The van der Waals surface area contributed by atoms with E-state index in [1.54, 1.807) is 0 Å². The Labute approximate surface area is 160 Å². The molecule has 0 aliphatic heterocycles. The van der Waals surface area contributed by atoms with Gasteiger partial charge in [-0.15, -0.1) is 0 Å². The van der Waals surface area contributed by atoms with Crippen LogP contribution in [0.4, 0.5) is 0 Å². The van der Waals surface area contributed by atoms with Crippen molar-refractivity contribution in [1.29, 1.82) is 0 Å². The zero-order chi connectivity index (χ0) is 20.8. The molecule has 0 aromatic carbocycles. The predicted molar refractivity (Wildman–Crippen MR) is 117 cm³/mol. The van der Waals surface area contributed by atoms with E-state index in [0.29, 0.717) is 0 Å². The molecule has 0 aromatic rings. The van der Waals surface area contributed by atoms with Gasteiger partial charge in [-0.3, -0.25) is 0 Å². The van der Waals surface area contributed by atoms with Crippen LogP contribution in [-0.4, -0.2) is 0 Å². The highest BCUT2D eigenvalue weighted by molar-refractivity contribution is 5.35. The quantitative estimate of drug-likeness (QED) is 0.445. The van der Waals surface area contributed by atoms with Gasteiger partial charge in [0.05, 0.1) is 0 Å². The average Bonchev–Trinajstić information content (AvgIpc) is 2.41. The van der Waals surface area contributed by atoms with Gasteiger partial charge in [-0.05, 0) is 49.4 Å². The molecule has 0 N–H and O–H groups in total. The van der Waals surface area contributed by atoms with Crippen molar-refractivity contribution in [3.8, 4) is 0 Å². The second-order valence-electron chi connectivity index (χ2n) is 11.9. The van der Waals surface area contributed by atoms with Gasteiger partial charge in [-0.1, -0.05) is 105 Å². The molecule has 0 nitrogen and oxygen atoms in total. The van der Waals surface area contributed by atoms with Crippen LogP contribution in [0.2, 0.25) is 0 Å². The van der Waals surface area contributed by atoms with Crippen molar-refractivity contribution in [3.05, 3.63) is 22.3 Å². The molecule has 0 rings (SSSR count). The largest absolute Gasteiger partial charge is 0.0674 e. The normalized spacial score (nSPS) is 17.3. The van der Waals surface area contributed by atoms with Crippen molar-refractivity contribution in [1.82, 2.24) is 0 Å². The molecular formula is C25H48. The van der Waals surface area contributed by atoms with Crippen LogP contribution in [0.3, 0.4) is 0 Å². The lowest BCUT2D eigenvalue weighted by Crippen LogP contribution is -2.35. The van der Waals surface area contributed by atoms with Crippen LogP contribution in [-0.2, 0) is 0 Å². The van der Waals surface area contributed by atoms with Crippen molar-refractivity contribution < 1.29 is 0 Å². The smallest absolute Gasteiger partial charge is 0.00640 e. The van der Waals surface area contributed by atoms with Crippen molar-refractivity contribution in [2.75, 3.05) is 0 Å². The second-order valence-corrected chi connectivity index (χ2v) is 11.9. The molecule has 0 saturated carbocycles. The lowest BCUT2D eigenvalue weighted by atomic mass is 9.59. The molecule has 0 radical (unpaired) electrons. The Morgan fingerprint density at radius 3 is 0.720 bits per heavy atom. The molecule has 0 aliphatic carbocycles. The van der Waals surface area contributed by atoms with Gasteiger partial charge in [0.2, 0.25) is 0 Å². The van der Waals surface area contributed by atoms with Crippen molar-refractivity contribution in [2.45, 2.75) is 111 Å². The SMILES string of the molecule is CC(=C(C)C(C)(C)C(C)(C)C)C(C)(C)C(C)=C(C)C(C)(C)C(C)(C)C. The first-order valence-corrected chi connectivity index (χ1v) is 10.0. The van der Waals surface area contributed by atoms with E-state index in [4.69, 9.17) is 0 Å². The van der Waals surface area contributed by atoms with E-state index < -0.39 is 0 Å². The summed E-state index contributed by atoms with van der Waals surface area (Å²) in [4.78, 5) is 0. The lowest BCUT2D eigenvalue weighted by molar-refractivity contribution is 0.170. The molecule has 148 valence electrons. The topological polar surface area (TPSA) is 0 Å². The van der Waals surface area contributed by atoms with Gasteiger partial charge >= 0.3 is 0 Å². The number of hydrogen-bond donors (Lipinski definition) is 0. The predicted octanol–water partition coefficient (Wildman–Crippen LogP) is 8.83. The molecule has 0 amide bonds. The summed E-state index contributed by atoms with van der Waals surface area (Å²) in [7, 11) is 0. The molecule has 0 heteroatoms. The fraction of sp³-hybridized carbons (Fsp3) is 0.840. The molecule has 0 unspecified atom stereocenters. The van der Waals surface area contributed by atoms with E-state index in [-0.39, 0.29) is 27.1 Å². The fourth-order valence-electron chi connectivity index (χ4n) is 3.28. The summed E-state index contributed by atoms with van der Waals surface area (Å²) in [5.74, 6) is 0. The summed E-state index contributed by atoms with van der Waals surface area (Å²) < 4.78 is 0. The van der Waals surface area contributed by atoms with Crippen LogP contribution in [0.5, 0.6) is 0 Å². The summed E-state index contributed by atoms with van der Waals surface area (Å²) in [5, 5.41) is 0. The van der Waals surface area contributed by atoms with Gasteiger partial charge < -0.3 is 0 Å². The summed E-state index contributed by atoms with van der Waals surface area (Å²) >= 11 is 0. The minimum atomic E-state index is 0.0687. The minimum absolute atomic E-state index is 0.0687. The Kier molecular flexibility index (Phi) is 6.75. The van der Waals surface area contributed by atoms with Gasteiger partial charge in [-0.2, -0.15) is 0 Å². The molecule has 0 atom stereocenters. The van der Waals surface area contributed by atoms with Gasteiger partial charge in [0.15, 0.2) is 0 Å². The van der Waals surface area contributed by atoms with Crippen molar-refractivity contribution in [2.24, 2.45) is 27.1 Å². The summed E-state index contributed by atoms with van der Waals surface area (Å²) in [5.41, 5.74) is 7.00. The monoisotopic (exact) mass is 348 g/mol. The Morgan fingerprint density at radius 1 is 0.360 bits per heavy atom. The van der Waals surface area contributed by atoms with E-state index in [2.05, 4.69) is 111 Å². The number of hydrogen-bond acceptors (Lipinski definition) is 0. The van der Waals surface area contributed by atoms with E-state index in [0.717, 1.165) is 0 Å². The van der Waals surface area contributed by atoms with Crippen LogP contribution >= 0.6 is 0 Å². The third-order valence-electron chi connectivity index (χ3n) is 8.62. The van der Waals surface area contributed by atoms with Gasteiger partial charge in [0.25, 0.3) is 0 Å². The van der Waals surface area contributed by atoms with E-state index >= 15 is 0 Å². The minimum Gasteiger partial charge on any atom is -0.0674 e. The molecule has 0 bridgehead atoms. The highest BCUT2D eigenvalue weighted by Gasteiger charge is 2.40. The second kappa shape index (κ2) is 6.90. The Bertz CT molecular complexity index is 496. The maximum atomic E-state index is 2.40. The lowest BCUT2D eigenvalue weighted by Gasteiger charge is -2.46. The molecule has 0 aromatic heterocycles. The van der Waals surface area contributed by atoms with E-state index in [1.807, 2.05) is 0 Å². The third-order valence-corrected chi connectivity index (χ3v) is 8.62. The Balaban J connectivity index is 6.42. The average molecular weight is 349 g/mol. The highest BCUT2D eigenvalue weighted by atomic mass is 14.4. The Hall–Kier alpha value is -0.520.